The van der Waals surface area contributed by atoms with Crippen LogP contribution >= 0.6 is 0 Å². The molecule has 0 unspecified atom stereocenters. The van der Waals surface area contributed by atoms with Crippen molar-refractivity contribution in [2.24, 2.45) is 0 Å². The van der Waals surface area contributed by atoms with Crippen LogP contribution in [0.1, 0.15) is 28.8 Å². The average Bonchev–Trinajstić information content (AvgIpc) is 2.83. The van der Waals surface area contributed by atoms with Crippen molar-refractivity contribution in [3.8, 4) is 0 Å². The van der Waals surface area contributed by atoms with Gasteiger partial charge in [0.05, 0.1) is 7.11 Å². The number of aryl methyl sites for hydroxylation is 1. The standard InChI is InChI=1S/C19H20N2O3/c1-24-19(23)20-16-10-6-9-15(13-16)18(22)21-12-5-4-8-14-7-2-3-11-17(14)21/h2-3,6-7,9-11,13H,4-5,8,12H2,1H3,(H,20,23). The molecule has 1 heterocycles. The molecule has 1 aliphatic rings. The third kappa shape index (κ3) is 3.40. The molecule has 2 amide bonds. The Morgan fingerprint density at radius 3 is 2.75 bits per heavy atom. The molecule has 0 bridgehead atoms. The summed E-state index contributed by atoms with van der Waals surface area (Å²) >= 11 is 0. The summed E-state index contributed by atoms with van der Waals surface area (Å²) in [5.41, 5.74) is 3.26. The highest BCUT2D eigenvalue weighted by atomic mass is 16.5. The van der Waals surface area contributed by atoms with Gasteiger partial charge >= 0.3 is 6.09 Å². The molecule has 0 radical (unpaired) electrons. The van der Waals surface area contributed by atoms with Crippen LogP contribution in [0.3, 0.4) is 0 Å². The van der Waals surface area contributed by atoms with Crippen LogP contribution in [0.4, 0.5) is 16.2 Å². The summed E-state index contributed by atoms with van der Waals surface area (Å²) in [5.74, 6) is -0.0575. The number of rotatable bonds is 2. The summed E-state index contributed by atoms with van der Waals surface area (Å²) in [4.78, 5) is 26.2. The van der Waals surface area contributed by atoms with Gasteiger partial charge in [0.15, 0.2) is 0 Å². The van der Waals surface area contributed by atoms with Gasteiger partial charge in [0.2, 0.25) is 0 Å². The lowest BCUT2D eigenvalue weighted by atomic mass is 10.1. The minimum absolute atomic E-state index is 0.0575. The van der Waals surface area contributed by atoms with Crippen LogP contribution in [0.2, 0.25) is 0 Å². The van der Waals surface area contributed by atoms with E-state index in [-0.39, 0.29) is 5.91 Å². The molecule has 0 aliphatic carbocycles. The van der Waals surface area contributed by atoms with Crippen LogP contribution in [0.25, 0.3) is 0 Å². The Bertz CT molecular complexity index is 758. The van der Waals surface area contributed by atoms with E-state index in [0.29, 0.717) is 17.8 Å². The van der Waals surface area contributed by atoms with E-state index < -0.39 is 6.09 Å². The summed E-state index contributed by atoms with van der Waals surface area (Å²) < 4.78 is 4.59. The number of nitrogens with one attached hydrogen (secondary N) is 1. The van der Waals surface area contributed by atoms with Crippen molar-refractivity contribution in [3.63, 3.8) is 0 Å². The third-order valence-corrected chi connectivity index (χ3v) is 4.15. The number of anilines is 2. The van der Waals surface area contributed by atoms with E-state index in [2.05, 4.69) is 16.1 Å². The molecule has 2 aromatic carbocycles. The predicted octanol–water partition coefficient (Wildman–Crippen LogP) is 3.85. The summed E-state index contributed by atoms with van der Waals surface area (Å²) in [6.45, 7) is 0.699. The third-order valence-electron chi connectivity index (χ3n) is 4.15. The largest absolute Gasteiger partial charge is 0.453 e. The fourth-order valence-corrected chi connectivity index (χ4v) is 2.96. The van der Waals surface area contributed by atoms with Gasteiger partial charge in [-0.05, 0) is 49.1 Å². The first kappa shape index (κ1) is 16.1. The lowest BCUT2D eigenvalue weighted by Gasteiger charge is -2.23. The van der Waals surface area contributed by atoms with E-state index in [1.54, 1.807) is 24.3 Å². The Labute approximate surface area is 141 Å². The van der Waals surface area contributed by atoms with Crippen LogP contribution in [0.15, 0.2) is 48.5 Å². The van der Waals surface area contributed by atoms with Crippen molar-refractivity contribution in [2.75, 3.05) is 23.9 Å². The number of fused-ring (bicyclic) bond motifs is 1. The number of para-hydroxylation sites is 1. The minimum atomic E-state index is -0.556. The molecular weight excluding hydrogens is 304 g/mol. The molecule has 0 atom stereocenters. The number of ether oxygens (including phenoxy) is 1. The highest BCUT2D eigenvalue weighted by molar-refractivity contribution is 6.07. The predicted molar refractivity (Wildman–Crippen MR) is 93.5 cm³/mol. The van der Waals surface area contributed by atoms with Crippen molar-refractivity contribution in [1.29, 1.82) is 0 Å². The van der Waals surface area contributed by atoms with Crippen LogP contribution in [-0.2, 0) is 11.2 Å². The molecule has 0 spiro atoms. The van der Waals surface area contributed by atoms with Gasteiger partial charge in [0, 0.05) is 23.5 Å². The smallest absolute Gasteiger partial charge is 0.411 e. The van der Waals surface area contributed by atoms with E-state index in [1.165, 1.54) is 12.7 Å². The average molecular weight is 324 g/mol. The maximum atomic E-state index is 13.0. The quantitative estimate of drug-likeness (QED) is 0.913. The van der Waals surface area contributed by atoms with Crippen LogP contribution in [-0.4, -0.2) is 25.7 Å². The molecule has 24 heavy (non-hydrogen) atoms. The number of nitrogens with zero attached hydrogens (tertiary/aromatic N) is 1. The molecule has 0 saturated carbocycles. The van der Waals surface area contributed by atoms with Gasteiger partial charge in [-0.2, -0.15) is 0 Å². The van der Waals surface area contributed by atoms with E-state index in [9.17, 15) is 9.59 Å². The van der Waals surface area contributed by atoms with Crippen LogP contribution in [0.5, 0.6) is 0 Å². The number of hydrogen-bond acceptors (Lipinski definition) is 3. The number of carbonyl (C=O) groups is 2. The number of hydrogen-bond donors (Lipinski definition) is 1. The lowest BCUT2D eigenvalue weighted by molar-refractivity contribution is 0.0987. The number of methoxy groups -OCH3 is 1. The maximum Gasteiger partial charge on any atom is 0.411 e. The molecule has 124 valence electrons. The lowest BCUT2D eigenvalue weighted by Crippen LogP contribution is -2.31. The molecule has 0 fully saturated rings. The normalized spacial score (nSPS) is 13.6. The Morgan fingerprint density at radius 1 is 1.08 bits per heavy atom. The van der Waals surface area contributed by atoms with Crippen molar-refractivity contribution < 1.29 is 14.3 Å². The summed E-state index contributed by atoms with van der Waals surface area (Å²) in [6, 6.07) is 15.0. The molecule has 1 aliphatic heterocycles. The number of benzene rings is 2. The zero-order chi connectivity index (χ0) is 16.9. The van der Waals surface area contributed by atoms with E-state index in [0.717, 1.165) is 24.9 Å². The van der Waals surface area contributed by atoms with Crippen LogP contribution in [0, 0.1) is 0 Å². The van der Waals surface area contributed by atoms with Gasteiger partial charge in [0.25, 0.3) is 5.91 Å². The molecule has 0 aromatic heterocycles. The Balaban J connectivity index is 1.89. The zero-order valence-corrected chi connectivity index (χ0v) is 13.6. The SMILES string of the molecule is COC(=O)Nc1cccc(C(=O)N2CCCCc3ccccc32)c1. The van der Waals surface area contributed by atoms with Gasteiger partial charge < -0.3 is 9.64 Å². The molecule has 1 N–H and O–H groups in total. The topological polar surface area (TPSA) is 58.6 Å². The van der Waals surface area contributed by atoms with Gasteiger partial charge in [-0.25, -0.2) is 4.79 Å². The summed E-state index contributed by atoms with van der Waals surface area (Å²) in [6.07, 6.45) is 2.48. The second-order valence-corrected chi connectivity index (χ2v) is 5.74. The van der Waals surface area contributed by atoms with Crippen molar-refractivity contribution in [1.82, 2.24) is 0 Å². The molecule has 0 saturated heterocycles. The van der Waals surface area contributed by atoms with Gasteiger partial charge in [-0.15, -0.1) is 0 Å². The van der Waals surface area contributed by atoms with Crippen LogP contribution < -0.4 is 10.2 Å². The molecular formula is C19H20N2O3. The highest BCUT2D eigenvalue weighted by Gasteiger charge is 2.22. The summed E-state index contributed by atoms with van der Waals surface area (Å²) in [5, 5.41) is 2.59. The Morgan fingerprint density at radius 2 is 1.92 bits per heavy atom. The Kier molecular flexibility index (Phi) is 4.79. The van der Waals surface area contributed by atoms with Gasteiger partial charge in [0.1, 0.15) is 0 Å². The number of amides is 2. The minimum Gasteiger partial charge on any atom is -0.453 e. The summed E-state index contributed by atoms with van der Waals surface area (Å²) in [7, 11) is 1.30. The first-order chi connectivity index (χ1) is 11.7. The van der Waals surface area contributed by atoms with Crippen molar-refractivity contribution in [3.05, 3.63) is 59.7 Å². The second-order valence-electron chi connectivity index (χ2n) is 5.74. The molecule has 5 heteroatoms. The first-order valence-electron chi connectivity index (χ1n) is 8.04. The fraction of sp³-hybridized carbons (Fsp3) is 0.263. The van der Waals surface area contributed by atoms with E-state index in [4.69, 9.17) is 0 Å². The maximum absolute atomic E-state index is 13.0. The molecule has 3 rings (SSSR count). The highest BCUT2D eigenvalue weighted by Crippen LogP contribution is 2.28. The van der Waals surface area contributed by atoms with Crippen molar-refractivity contribution >= 4 is 23.4 Å². The van der Waals surface area contributed by atoms with Crippen molar-refractivity contribution in [2.45, 2.75) is 19.3 Å². The Hall–Kier alpha value is -2.82. The monoisotopic (exact) mass is 324 g/mol. The molecule has 5 nitrogen and oxygen atoms in total. The zero-order valence-electron chi connectivity index (χ0n) is 13.6. The second kappa shape index (κ2) is 7.17. The fourth-order valence-electron chi connectivity index (χ4n) is 2.96. The van der Waals surface area contributed by atoms with Gasteiger partial charge in [-0.1, -0.05) is 24.3 Å². The van der Waals surface area contributed by atoms with E-state index in [1.807, 2.05) is 23.1 Å². The molecule has 2 aromatic rings. The first-order valence-corrected chi connectivity index (χ1v) is 8.04. The number of carbonyl (C=O) groups excluding carboxylic acids is 2. The van der Waals surface area contributed by atoms with Gasteiger partial charge in [-0.3, -0.25) is 10.1 Å². The van der Waals surface area contributed by atoms with E-state index >= 15 is 0 Å².